The zero-order valence-corrected chi connectivity index (χ0v) is 15.1. The number of piperidine rings is 1. The highest BCUT2D eigenvalue weighted by Crippen LogP contribution is 2.22. The monoisotopic (exact) mass is 343 g/mol. The van der Waals surface area contributed by atoms with Gasteiger partial charge in [-0.15, -0.1) is 0 Å². The Balaban J connectivity index is 1.72. The first-order valence-electron chi connectivity index (χ1n) is 9.59. The highest BCUT2D eigenvalue weighted by Gasteiger charge is 2.29. The average Bonchev–Trinajstić information content (AvgIpc) is 3.06. The number of nitrogens with one attached hydrogen (secondary N) is 1. The molecule has 2 fully saturated rings. The Kier molecular flexibility index (Phi) is 5.95. The lowest BCUT2D eigenvalue weighted by Gasteiger charge is -2.37. The number of hydrogen-bond acceptors (Lipinski definition) is 2. The minimum atomic E-state index is -0.157. The standard InChI is InChI=1S/C20H29N3O2/c1-2-17-11-6-7-14-23(17)20(25)21-18(16-9-4-3-5-10-16)15-22-13-8-12-19(22)24/h3-5,9-10,17-18H,2,6-8,11-15H2,1H3,(H,21,25). The quantitative estimate of drug-likeness (QED) is 0.891. The van der Waals surface area contributed by atoms with Gasteiger partial charge in [0.1, 0.15) is 0 Å². The number of rotatable bonds is 5. The summed E-state index contributed by atoms with van der Waals surface area (Å²) in [5.41, 5.74) is 1.06. The van der Waals surface area contributed by atoms with Crippen molar-refractivity contribution in [2.24, 2.45) is 0 Å². The topological polar surface area (TPSA) is 52.7 Å². The predicted octanol–water partition coefficient (Wildman–Crippen LogP) is 3.32. The minimum absolute atomic E-state index is 0.00653. The number of carbonyl (C=O) groups excluding carboxylic acids is 2. The first kappa shape index (κ1) is 17.8. The maximum absolute atomic E-state index is 12.9. The number of benzene rings is 1. The second-order valence-electron chi connectivity index (χ2n) is 7.11. The van der Waals surface area contributed by atoms with Gasteiger partial charge < -0.3 is 15.1 Å². The summed E-state index contributed by atoms with van der Waals surface area (Å²) in [6.07, 6.45) is 5.90. The number of likely N-dealkylation sites (tertiary alicyclic amines) is 2. The summed E-state index contributed by atoms with van der Waals surface area (Å²) in [6.45, 7) is 4.32. The van der Waals surface area contributed by atoms with Crippen molar-refractivity contribution in [1.29, 1.82) is 0 Å². The van der Waals surface area contributed by atoms with E-state index in [1.807, 2.05) is 40.1 Å². The Bertz CT molecular complexity index is 590. The highest BCUT2D eigenvalue weighted by atomic mass is 16.2. The van der Waals surface area contributed by atoms with Crippen LogP contribution in [0.25, 0.3) is 0 Å². The van der Waals surface area contributed by atoms with Crippen LogP contribution in [0.4, 0.5) is 4.79 Å². The van der Waals surface area contributed by atoms with E-state index in [-0.39, 0.29) is 18.0 Å². The molecule has 0 saturated carbocycles. The summed E-state index contributed by atoms with van der Waals surface area (Å²) >= 11 is 0. The molecule has 2 saturated heterocycles. The maximum Gasteiger partial charge on any atom is 0.318 e. The SMILES string of the molecule is CCC1CCCCN1C(=O)NC(CN1CCCC1=O)c1ccccc1. The fraction of sp³-hybridized carbons (Fsp3) is 0.600. The van der Waals surface area contributed by atoms with Gasteiger partial charge in [0, 0.05) is 32.1 Å². The van der Waals surface area contributed by atoms with Crippen molar-refractivity contribution in [1.82, 2.24) is 15.1 Å². The maximum atomic E-state index is 12.9. The zero-order chi connectivity index (χ0) is 17.6. The summed E-state index contributed by atoms with van der Waals surface area (Å²) in [5, 5.41) is 3.21. The van der Waals surface area contributed by atoms with Crippen molar-refractivity contribution in [2.75, 3.05) is 19.6 Å². The van der Waals surface area contributed by atoms with Crippen LogP contribution < -0.4 is 5.32 Å². The summed E-state index contributed by atoms with van der Waals surface area (Å²) < 4.78 is 0. The second kappa shape index (κ2) is 8.37. The number of urea groups is 1. The summed E-state index contributed by atoms with van der Waals surface area (Å²) in [6, 6.07) is 10.2. The van der Waals surface area contributed by atoms with E-state index in [4.69, 9.17) is 0 Å². The van der Waals surface area contributed by atoms with E-state index < -0.39 is 0 Å². The first-order chi connectivity index (χ1) is 12.2. The summed E-state index contributed by atoms with van der Waals surface area (Å²) in [7, 11) is 0. The van der Waals surface area contributed by atoms with Crippen LogP contribution in [0, 0.1) is 0 Å². The molecule has 2 aliphatic rings. The Hall–Kier alpha value is -2.04. The lowest BCUT2D eigenvalue weighted by atomic mass is 10.0. The third-order valence-electron chi connectivity index (χ3n) is 5.43. The van der Waals surface area contributed by atoms with Crippen molar-refractivity contribution < 1.29 is 9.59 Å². The van der Waals surface area contributed by atoms with Crippen LogP contribution in [-0.2, 0) is 4.79 Å². The Morgan fingerprint density at radius 1 is 1.20 bits per heavy atom. The third-order valence-corrected chi connectivity index (χ3v) is 5.43. The Morgan fingerprint density at radius 3 is 2.68 bits per heavy atom. The molecule has 0 radical (unpaired) electrons. The van der Waals surface area contributed by atoms with Gasteiger partial charge in [0.2, 0.25) is 5.91 Å². The second-order valence-corrected chi connectivity index (χ2v) is 7.11. The van der Waals surface area contributed by atoms with Gasteiger partial charge in [-0.25, -0.2) is 4.79 Å². The molecular weight excluding hydrogens is 314 g/mol. The Morgan fingerprint density at radius 2 is 2.00 bits per heavy atom. The van der Waals surface area contributed by atoms with Crippen LogP contribution in [0.15, 0.2) is 30.3 Å². The predicted molar refractivity (Wildman–Crippen MR) is 98.2 cm³/mol. The number of hydrogen-bond donors (Lipinski definition) is 1. The molecule has 2 atom stereocenters. The fourth-order valence-electron chi connectivity index (χ4n) is 3.96. The van der Waals surface area contributed by atoms with E-state index in [0.717, 1.165) is 44.3 Å². The number of amides is 3. The van der Waals surface area contributed by atoms with Crippen LogP contribution >= 0.6 is 0 Å². The van der Waals surface area contributed by atoms with E-state index in [1.165, 1.54) is 6.42 Å². The molecule has 3 amide bonds. The van der Waals surface area contributed by atoms with E-state index in [2.05, 4.69) is 12.2 Å². The van der Waals surface area contributed by atoms with E-state index in [9.17, 15) is 9.59 Å². The largest absolute Gasteiger partial charge is 0.340 e. The molecule has 0 spiro atoms. The van der Waals surface area contributed by atoms with Gasteiger partial charge in [-0.05, 0) is 37.7 Å². The van der Waals surface area contributed by atoms with Gasteiger partial charge in [-0.3, -0.25) is 4.79 Å². The molecule has 1 N–H and O–H groups in total. The van der Waals surface area contributed by atoms with Crippen molar-refractivity contribution in [3.8, 4) is 0 Å². The summed E-state index contributed by atoms with van der Waals surface area (Å²) in [5.74, 6) is 0.194. The van der Waals surface area contributed by atoms with Crippen LogP contribution in [0.3, 0.4) is 0 Å². The van der Waals surface area contributed by atoms with E-state index >= 15 is 0 Å². The van der Waals surface area contributed by atoms with Crippen molar-refractivity contribution in [3.63, 3.8) is 0 Å². The third kappa shape index (κ3) is 4.33. The van der Waals surface area contributed by atoms with Gasteiger partial charge in [0.05, 0.1) is 6.04 Å². The van der Waals surface area contributed by atoms with Crippen LogP contribution in [0.2, 0.25) is 0 Å². The number of carbonyl (C=O) groups is 2. The van der Waals surface area contributed by atoms with Crippen molar-refractivity contribution in [3.05, 3.63) is 35.9 Å². The molecule has 0 aromatic heterocycles. The molecule has 3 rings (SSSR count). The van der Waals surface area contributed by atoms with E-state index in [0.29, 0.717) is 19.0 Å². The lowest BCUT2D eigenvalue weighted by molar-refractivity contribution is -0.128. The molecule has 0 aliphatic carbocycles. The average molecular weight is 343 g/mol. The molecule has 136 valence electrons. The van der Waals surface area contributed by atoms with Crippen LogP contribution in [0.5, 0.6) is 0 Å². The zero-order valence-electron chi connectivity index (χ0n) is 15.1. The molecule has 2 unspecified atom stereocenters. The van der Waals surface area contributed by atoms with Crippen LogP contribution in [0.1, 0.15) is 57.1 Å². The van der Waals surface area contributed by atoms with Gasteiger partial charge in [0.15, 0.2) is 0 Å². The van der Waals surface area contributed by atoms with Gasteiger partial charge >= 0.3 is 6.03 Å². The first-order valence-corrected chi connectivity index (χ1v) is 9.59. The minimum Gasteiger partial charge on any atom is -0.340 e. The molecule has 5 nitrogen and oxygen atoms in total. The fourth-order valence-corrected chi connectivity index (χ4v) is 3.96. The van der Waals surface area contributed by atoms with E-state index in [1.54, 1.807) is 0 Å². The molecule has 1 aromatic carbocycles. The molecular formula is C20H29N3O2. The normalized spacial score (nSPS) is 22.1. The van der Waals surface area contributed by atoms with Crippen molar-refractivity contribution in [2.45, 2.75) is 57.5 Å². The summed E-state index contributed by atoms with van der Waals surface area (Å²) in [4.78, 5) is 28.8. The van der Waals surface area contributed by atoms with Crippen molar-refractivity contribution >= 4 is 11.9 Å². The Labute approximate surface area is 150 Å². The molecule has 2 aliphatic heterocycles. The van der Waals surface area contributed by atoms with Crippen LogP contribution in [-0.4, -0.2) is 47.4 Å². The lowest BCUT2D eigenvalue weighted by Crippen LogP contribution is -2.50. The molecule has 1 aromatic rings. The van der Waals surface area contributed by atoms with Gasteiger partial charge in [0.25, 0.3) is 0 Å². The number of nitrogens with zero attached hydrogens (tertiary/aromatic N) is 2. The molecule has 2 heterocycles. The molecule has 5 heteroatoms. The molecule has 0 bridgehead atoms. The molecule has 25 heavy (non-hydrogen) atoms. The highest BCUT2D eigenvalue weighted by molar-refractivity contribution is 5.78. The van der Waals surface area contributed by atoms with Gasteiger partial charge in [-0.2, -0.15) is 0 Å². The smallest absolute Gasteiger partial charge is 0.318 e. The van der Waals surface area contributed by atoms with Gasteiger partial charge in [-0.1, -0.05) is 37.3 Å².